The third-order valence-corrected chi connectivity index (χ3v) is 6.59. The third kappa shape index (κ3) is 3.65. The van der Waals surface area contributed by atoms with E-state index in [0.29, 0.717) is 27.9 Å². The van der Waals surface area contributed by atoms with Crippen molar-refractivity contribution in [2.24, 2.45) is 17.8 Å². The van der Waals surface area contributed by atoms with Crippen molar-refractivity contribution in [3.8, 4) is 0 Å². The molecule has 1 heterocycles. The van der Waals surface area contributed by atoms with Crippen molar-refractivity contribution in [2.45, 2.75) is 26.2 Å². The summed E-state index contributed by atoms with van der Waals surface area (Å²) in [4.78, 5) is 39.4. The number of nitrogens with one attached hydrogen (secondary N) is 1. The summed E-state index contributed by atoms with van der Waals surface area (Å²) in [7, 11) is 0. The minimum absolute atomic E-state index is 0.130. The van der Waals surface area contributed by atoms with Crippen LogP contribution in [0.15, 0.2) is 42.5 Å². The molecule has 1 saturated carbocycles. The summed E-state index contributed by atoms with van der Waals surface area (Å²) in [5, 5.41) is 3.33. The zero-order valence-electron chi connectivity index (χ0n) is 15.8. The number of carbonyl (C=O) groups is 3. The molecule has 4 rings (SSSR count). The minimum Gasteiger partial charge on any atom is -0.321 e. The second-order valence-electron chi connectivity index (χ2n) is 7.75. The number of amides is 3. The van der Waals surface area contributed by atoms with Gasteiger partial charge in [0.1, 0.15) is 0 Å². The van der Waals surface area contributed by atoms with E-state index in [1.54, 1.807) is 42.5 Å². The number of fused-ring (bicyclic) bond motifs is 1. The molecule has 2 aromatic rings. The van der Waals surface area contributed by atoms with E-state index in [-0.39, 0.29) is 34.6 Å². The summed E-state index contributed by atoms with van der Waals surface area (Å²) in [6.07, 6.45) is 2.49. The second-order valence-corrected chi connectivity index (χ2v) is 8.53. The van der Waals surface area contributed by atoms with Crippen molar-refractivity contribution in [2.75, 3.05) is 10.2 Å². The monoisotopic (exact) mass is 430 g/mol. The molecule has 1 saturated heterocycles. The van der Waals surface area contributed by atoms with Crippen LogP contribution in [-0.2, 0) is 9.59 Å². The van der Waals surface area contributed by atoms with Gasteiger partial charge in [-0.2, -0.15) is 0 Å². The van der Waals surface area contributed by atoms with Gasteiger partial charge in [-0.05, 0) is 61.6 Å². The van der Waals surface area contributed by atoms with Crippen LogP contribution < -0.4 is 10.2 Å². The Morgan fingerprint density at radius 2 is 1.69 bits per heavy atom. The van der Waals surface area contributed by atoms with Gasteiger partial charge < -0.3 is 5.32 Å². The molecular formula is C22H20Cl2N2O3. The van der Waals surface area contributed by atoms with Gasteiger partial charge >= 0.3 is 0 Å². The van der Waals surface area contributed by atoms with Crippen molar-refractivity contribution >= 4 is 52.3 Å². The zero-order valence-corrected chi connectivity index (χ0v) is 17.3. The molecule has 2 fully saturated rings. The summed E-state index contributed by atoms with van der Waals surface area (Å²) in [6, 6.07) is 11.4. The number of anilines is 2. The number of carbonyl (C=O) groups excluding carboxylic acids is 3. The highest BCUT2D eigenvalue weighted by molar-refractivity contribution is 6.44. The highest BCUT2D eigenvalue weighted by Crippen LogP contribution is 2.42. The average molecular weight is 431 g/mol. The number of imide groups is 1. The molecule has 0 radical (unpaired) electrons. The first-order chi connectivity index (χ1) is 13.9. The molecule has 2 aliphatic rings. The van der Waals surface area contributed by atoms with Gasteiger partial charge in [-0.15, -0.1) is 0 Å². The Bertz CT molecular complexity index is 990. The van der Waals surface area contributed by atoms with Crippen LogP contribution in [0.25, 0.3) is 0 Å². The molecule has 7 heteroatoms. The second kappa shape index (κ2) is 7.81. The molecule has 5 nitrogen and oxygen atoms in total. The smallest absolute Gasteiger partial charge is 0.255 e. The van der Waals surface area contributed by atoms with Crippen LogP contribution >= 0.6 is 23.2 Å². The van der Waals surface area contributed by atoms with Crippen LogP contribution in [0.2, 0.25) is 10.0 Å². The van der Waals surface area contributed by atoms with Gasteiger partial charge in [-0.3, -0.25) is 19.3 Å². The summed E-state index contributed by atoms with van der Waals surface area (Å²) < 4.78 is 0. The van der Waals surface area contributed by atoms with E-state index in [4.69, 9.17) is 23.2 Å². The van der Waals surface area contributed by atoms with Crippen LogP contribution in [0.5, 0.6) is 0 Å². The molecule has 3 amide bonds. The predicted octanol–water partition coefficient (Wildman–Crippen LogP) is 5.17. The Kier molecular flexibility index (Phi) is 5.36. The van der Waals surface area contributed by atoms with Crippen LogP contribution in [0.4, 0.5) is 11.4 Å². The Labute approximate surface area is 179 Å². The number of hydrogen-bond donors (Lipinski definition) is 1. The van der Waals surface area contributed by atoms with Gasteiger partial charge in [0.25, 0.3) is 5.91 Å². The average Bonchev–Trinajstić information content (AvgIpc) is 2.95. The van der Waals surface area contributed by atoms with Gasteiger partial charge in [-0.1, -0.05) is 36.2 Å². The molecule has 0 bridgehead atoms. The molecule has 29 heavy (non-hydrogen) atoms. The SMILES string of the molecule is C[C@@H]1CC[C@@H]2C(=O)N(c3ccc(C(=O)Nc4cccc(Cl)c4Cl)cc3)C(=O)[C@H]2C1. The minimum atomic E-state index is -0.359. The molecule has 1 aliphatic heterocycles. The Hall–Kier alpha value is -2.37. The summed E-state index contributed by atoms with van der Waals surface area (Å²) >= 11 is 12.1. The van der Waals surface area contributed by atoms with Crippen molar-refractivity contribution in [3.05, 3.63) is 58.1 Å². The van der Waals surface area contributed by atoms with Gasteiger partial charge in [-0.25, -0.2) is 0 Å². The maximum Gasteiger partial charge on any atom is 0.255 e. The van der Waals surface area contributed by atoms with Crippen LogP contribution in [-0.4, -0.2) is 17.7 Å². The lowest BCUT2D eigenvalue weighted by Crippen LogP contribution is -2.30. The zero-order chi connectivity index (χ0) is 20.7. The lowest BCUT2D eigenvalue weighted by molar-refractivity contribution is -0.122. The number of nitrogens with zero attached hydrogens (tertiary/aromatic N) is 1. The first-order valence-corrected chi connectivity index (χ1v) is 10.4. The quantitative estimate of drug-likeness (QED) is 0.682. The highest BCUT2D eigenvalue weighted by atomic mass is 35.5. The molecule has 0 unspecified atom stereocenters. The summed E-state index contributed by atoms with van der Waals surface area (Å²) in [5.41, 5.74) is 1.30. The van der Waals surface area contributed by atoms with E-state index < -0.39 is 0 Å². The number of benzene rings is 2. The fourth-order valence-corrected chi connectivity index (χ4v) is 4.55. The van der Waals surface area contributed by atoms with Gasteiger partial charge in [0.2, 0.25) is 11.8 Å². The van der Waals surface area contributed by atoms with Crippen molar-refractivity contribution in [1.82, 2.24) is 0 Å². The Morgan fingerprint density at radius 3 is 2.41 bits per heavy atom. The standard InChI is InChI=1S/C22H20Cl2N2O3/c1-12-5-10-15-16(11-12)22(29)26(21(15)28)14-8-6-13(7-9-14)20(27)25-18-4-2-3-17(23)19(18)24/h2-4,6-9,12,15-16H,5,10-11H2,1H3,(H,25,27)/t12-,15+,16+/m1/s1. The van der Waals surface area contributed by atoms with Crippen molar-refractivity contribution in [1.29, 1.82) is 0 Å². The molecule has 0 spiro atoms. The number of halogens is 2. The largest absolute Gasteiger partial charge is 0.321 e. The van der Waals surface area contributed by atoms with E-state index in [9.17, 15) is 14.4 Å². The van der Waals surface area contributed by atoms with Crippen molar-refractivity contribution in [3.63, 3.8) is 0 Å². The van der Waals surface area contributed by atoms with Gasteiger partial charge in [0.05, 0.1) is 33.3 Å². The lowest BCUT2D eigenvalue weighted by Gasteiger charge is -2.25. The van der Waals surface area contributed by atoms with Crippen molar-refractivity contribution < 1.29 is 14.4 Å². The molecular weight excluding hydrogens is 411 g/mol. The summed E-state index contributed by atoms with van der Waals surface area (Å²) in [6.45, 7) is 2.12. The van der Waals surface area contributed by atoms with E-state index in [1.165, 1.54) is 4.90 Å². The first kappa shape index (κ1) is 19.9. The van der Waals surface area contributed by atoms with E-state index in [1.807, 2.05) is 0 Å². The normalized spacial score (nSPS) is 23.8. The molecule has 2 aromatic carbocycles. The number of rotatable bonds is 3. The maximum absolute atomic E-state index is 12.8. The predicted molar refractivity (Wildman–Crippen MR) is 113 cm³/mol. The van der Waals surface area contributed by atoms with E-state index >= 15 is 0 Å². The van der Waals surface area contributed by atoms with Crippen LogP contribution in [0.1, 0.15) is 36.5 Å². The molecule has 1 N–H and O–H groups in total. The third-order valence-electron chi connectivity index (χ3n) is 5.78. The molecule has 150 valence electrons. The van der Waals surface area contributed by atoms with Crippen LogP contribution in [0.3, 0.4) is 0 Å². The Morgan fingerprint density at radius 1 is 1.00 bits per heavy atom. The lowest BCUT2D eigenvalue weighted by atomic mass is 9.76. The maximum atomic E-state index is 12.8. The fraction of sp³-hybridized carbons (Fsp3) is 0.318. The van der Waals surface area contributed by atoms with E-state index in [2.05, 4.69) is 12.2 Å². The fourth-order valence-electron chi connectivity index (χ4n) is 4.20. The number of hydrogen-bond acceptors (Lipinski definition) is 3. The topological polar surface area (TPSA) is 66.5 Å². The van der Waals surface area contributed by atoms with Gasteiger partial charge in [0.15, 0.2) is 0 Å². The molecule has 0 aromatic heterocycles. The molecule has 3 atom stereocenters. The Balaban J connectivity index is 1.52. The summed E-state index contributed by atoms with van der Waals surface area (Å²) in [5.74, 6) is -0.602. The molecule has 1 aliphatic carbocycles. The van der Waals surface area contributed by atoms with Gasteiger partial charge in [0, 0.05) is 5.56 Å². The van der Waals surface area contributed by atoms with Crippen LogP contribution in [0, 0.1) is 17.8 Å². The highest BCUT2D eigenvalue weighted by Gasteiger charge is 2.49. The first-order valence-electron chi connectivity index (χ1n) is 9.60. The van der Waals surface area contributed by atoms with E-state index in [0.717, 1.165) is 19.3 Å².